The third kappa shape index (κ3) is 7.59. The van der Waals surface area contributed by atoms with E-state index in [4.69, 9.17) is 22.2 Å². The summed E-state index contributed by atoms with van der Waals surface area (Å²) in [5.74, 6) is -12.0. The van der Waals surface area contributed by atoms with Crippen LogP contribution in [0.5, 0.6) is 11.5 Å². The number of phenolic OH excluding ortho intramolecular Hbond substituents is 2. The second kappa shape index (κ2) is 15.3. The average Bonchev–Trinajstić information content (AvgIpc) is 3.83. The minimum Gasteiger partial charge on any atom is -0.504 e. The molecule has 5 rings (SSSR count). The summed E-state index contributed by atoms with van der Waals surface area (Å²) in [5, 5.41) is 53.4. The summed E-state index contributed by atoms with van der Waals surface area (Å²) < 4.78 is 0. The molecule has 3 aliphatic rings. The van der Waals surface area contributed by atoms with Gasteiger partial charge in [-0.25, -0.2) is 24.4 Å². The van der Waals surface area contributed by atoms with Crippen LogP contribution in [0.2, 0.25) is 5.02 Å². The molecule has 3 aliphatic heterocycles. The smallest absolute Gasteiger partial charge is 0.350 e. The predicted molar refractivity (Wildman–Crippen MR) is 189 cm³/mol. The number of benzene rings is 1. The van der Waals surface area contributed by atoms with Crippen molar-refractivity contribution in [2.45, 2.75) is 42.5 Å². The summed E-state index contributed by atoms with van der Waals surface area (Å²) in [4.78, 5) is 112. The molecular weight excluding hydrogens is 794 g/mol. The fourth-order valence-electron chi connectivity index (χ4n) is 5.72. The van der Waals surface area contributed by atoms with E-state index < -0.39 is 129 Å². The third-order valence-corrected chi connectivity index (χ3v) is 11.7. The highest BCUT2D eigenvalue weighted by atomic mass is 35.5. The number of aliphatic carboxylic acids is 2. The van der Waals surface area contributed by atoms with Crippen molar-refractivity contribution >= 4 is 92.7 Å². The van der Waals surface area contributed by atoms with Crippen molar-refractivity contribution < 1.29 is 68.7 Å². The lowest BCUT2D eigenvalue weighted by Gasteiger charge is -2.40. The number of nitrogen functional groups attached to an aromatic ring is 1. The Labute approximate surface area is 322 Å². The number of β-lactam (4-membered cyclic amide) rings is 1. The summed E-state index contributed by atoms with van der Waals surface area (Å²) in [5.41, 5.74) is 5.14. The number of halogens is 1. The van der Waals surface area contributed by atoms with E-state index in [0.29, 0.717) is 0 Å². The number of phenols is 2. The van der Waals surface area contributed by atoms with Gasteiger partial charge in [0.25, 0.3) is 0 Å². The first-order valence-corrected chi connectivity index (χ1v) is 18.1. The number of aliphatic hydroxyl groups excluding tert-OH is 1. The lowest BCUT2D eigenvalue weighted by molar-refractivity contribution is -0.161. The van der Waals surface area contributed by atoms with Gasteiger partial charge in [-0.3, -0.25) is 34.3 Å². The number of fused-ring (bicyclic) bond motifs is 1. The van der Waals surface area contributed by atoms with Crippen LogP contribution in [-0.4, -0.2) is 140 Å². The second-order valence-electron chi connectivity index (χ2n) is 12.9. The molecule has 4 amide bonds. The van der Waals surface area contributed by atoms with Crippen molar-refractivity contribution in [1.29, 1.82) is 0 Å². The molecule has 2 aromatic rings. The molecule has 1 aromatic heterocycles. The van der Waals surface area contributed by atoms with E-state index >= 15 is 0 Å². The number of thioether (sulfide) groups is 1. The minimum absolute atomic E-state index is 0.0393. The zero-order chi connectivity index (χ0) is 40.7. The van der Waals surface area contributed by atoms with Crippen LogP contribution >= 0.6 is 34.7 Å². The molecule has 21 nitrogen and oxygen atoms in total. The number of hydrogen-bond acceptors (Lipinski definition) is 17. The number of carboxylic acid groups (broad SMARTS) is 2. The number of ketones is 3. The molecule has 1 aromatic carbocycles. The number of carbonyl (C=O) groups excluding carboxylic acids is 6. The van der Waals surface area contributed by atoms with Crippen LogP contribution in [0, 0.1) is 11.8 Å². The number of aliphatic hydroxyl groups is 1. The van der Waals surface area contributed by atoms with Crippen molar-refractivity contribution in [1.82, 2.24) is 25.2 Å². The number of aromatic hydroxyl groups is 2. The maximum Gasteiger partial charge on any atom is 0.350 e. The number of Topliss-reactive ketones (excluding diaryl/α,β-unsaturated/α-hetero) is 3. The van der Waals surface area contributed by atoms with Gasteiger partial charge in [-0.15, -0.1) is 11.3 Å². The number of urea groups is 1. The molecular formula is C31H32ClN7O14S2. The SMILES string of the molecule is CC(C)(O/N=C(\C(=O)C[C@@H]1C(=O)N2C[C@@](C(=O)O)(N3CCN(NC(=O)[C@@H](CO)CC(=O)C(=O)c4ccc(O)c(O)c4Cl)C3=O)S[C@H]12)c1csc(N)n1)C(=O)O. The standard InChI is InChI=1S/C31H32ClN7O14S2/c1-30(2,26(48)49)53-36-20(15-10-54-28(33)34-15)17(42)8-14-24(47)37-11-31(27(50)51,55-25(14)37)38-5-6-39(29(38)52)35-23(46)12(9-40)7-18(43)21(44)13-3-4-16(41)22(45)19(13)32/h3-4,10,12,14,25,40-41,45H,5-9,11H2,1-2H3,(H2,33,34)(H,35,46)(H,48,49)(H,50,51)/b36-20-/t12-,14-,25-,31-/m1/s1. The molecule has 0 aliphatic carbocycles. The highest BCUT2D eigenvalue weighted by molar-refractivity contribution is 8.02. The number of nitrogens with zero attached hydrogens (tertiary/aromatic N) is 5. The zero-order valence-corrected chi connectivity index (χ0v) is 31.0. The number of thiazole rings is 1. The van der Waals surface area contributed by atoms with E-state index in [-0.39, 0.29) is 23.9 Å². The highest BCUT2D eigenvalue weighted by Crippen LogP contribution is 2.53. The molecule has 3 fully saturated rings. The highest BCUT2D eigenvalue weighted by Gasteiger charge is 2.66. The van der Waals surface area contributed by atoms with Crippen LogP contribution in [0.4, 0.5) is 9.93 Å². The lowest BCUT2D eigenvalue weighted by atomic mass is 9.90. The number of anilines is 1. The Morgan fingerprint density at radius 2 is 1.84 bits per heavy atom. The maximum atomic E-state index is 13.6. The van der Waals surface area contributed by atoms with Gasteiger partial charge in [0.2, 0.25) is 33.9 Å². The van der Waals surface area contributed by atoms with Crippen molar-refractivity contribution in [3.63, 3.8) is 0 Å². The average molecular weight is 826 g/mol. The molecule has 0 bridgehead atoms. The summed E-state index contributed by atoms with van der Waals surface area (Å²) in [6.07, 6.45) is -1.37. The Morgan fingerprint density at radius 1 is 1.15 bits per heavy atom. The van der Waals surface area contributed by atoms with E-state index in [1.54, 1.807) is 0 Å². The molecule has 4 atom stereocenters. The quantitative estimate of drug-likeness (QED) is 0.0289. The fraction of sp³-hybridized carbons (Fsp3) is 0.419. The molecule has 0 saturated carbocycles. The summed E-state index contributed by atoms with van der Waals surface area (Å²) in [6.45, 7) is 0.410. The minimum atomic E-state index is -2.07. The second-order valence-corrected chi connectivity index (χ2v) is 15.6. The number of amides is 4. The van der Waals surface area contributed by atoms with E-state index in [0.717, 1.165) is 45.1 Å². The predicted octanol–water partition coefficient (Wildman–Crippen LogP) is -0.135. The molecule has 0 unspecified atom stereocenters. The normalized spacial score (nSPS) is 21.5. The Balaban J connectivity index is 1.26. The first-order valence-electron chi connectivity index (χ1n) is 16.0. The van der Waals surface area contributed by atoms with Gasteiger partial charge >= 0.3 is 18.0 Å². The van der Waals surface area contributed by atoms with E-state index in [1.165, 1.54) is 24.1 Å². The van der Waals surface area contributed by atoms with E-state index in [2.05, 4.69) is 15.6 Å². The number of nitrogens with two attached hydrogens (primary N) is 1. The first kappa shape index (κ1) is 40.7. The Bertz CT molecular complexity index is 2040. The number of nitrogens with one attached hydrogen (secondary N) is 1. The van der Waals surface area contributed by atoms with Crippen LogP contribution in [0.1, 0.15) is 42.7 Å². The van der Waals surface area contributed by atoms with E-state index in [1.807, 2.05) is 0 Å². The van der Waals surface area contributed by atoms with Crippen molar-refractivity contribution in [3.05, 3.63) is 33.8 Å². The number of rotatable bonds is 16. The molecule has 294 valence electrons. The number of hydrazine groups is 1. The van der Waals surface area contributed by atoms with Gasteiger partial charge in [0.1, 0.15) is 5.69 Å². The van der Waals surface area contributed by atoms with Crippen LogP contribution in [0.3, 0.4) is 0 Å². The zero-order valence-electron chi connectivity index (χ0n) is 28.6. The summed E-state index contributed by atoms with van der Waals surface area (Å²) >= 11 is 7.54. The number of carboxylic acids is 2. The number of carbonyl (C=O) groups is 8. The fourth-order valence-corrected chi connectivity index (χ4v) is 8.20. The first-order chi connectivity index (χ1) is 25.7. The van der Waals surface area contributed by atoms with Gasteiger partial charge in [0.15, 0.2) is 28.1 Å². The summed E-state index contributed by atoms with van der Waals surface area (Å²) in [7, 11) is 0. The molecule has 55 heavy (non-hydrogen) atoms. The van der Waals surface area contributed by atoms with Crippen molar-refractivity contribution in [3.8, 4) is 11.5 Å². The molecule has 4 heterocycles. The van der Waals surface area contributed by atoms with Crippen molar-refractivity contribution in [2.24, 2.45) is 17.0 Å². The molecule has 24 heteroatoms. The van der Waals surface area contributed by atoms with Gasteiger partial charge < -0.3 is 41.0 Å². The van der Waals surface area contributed by atoms with Gasteiger partial charge in [0, 0.05) is 30.3 Å². The number of aromatic nitrogens is 1. The third-order valence-electron chi connectivity index (χ3n) is 8.91. The molecule has 3 saturated heterocycles. The number of oxime groups is 1. The van der Waals surface area contributed by atoms with Crippen LogP contribution in [-0.2, 0) is 33.6 Å². The Kier molecular flexibility index (Phi) is 11.3. The molecule has 0 spiro atoms. The van der Waals surface area contributed by atoms with Gasteiger partial charge in [-0.05, 0) is 26.0 Å². The van der Waals surface area contributed by atoms with E-state index in [9.17, 15) is 63.9 Å². The lowest BCUT2D eigenvalue weighted by Crippen LogP contribution is -2.60. The van der Waals surface area contributed by atoms with Gasteiger partial charge in [-0.1, -0.05) is 28.5 Å². The largest absolute Gasteiger partial charge is 0.504 e. The Morgan fingerprint density at radius 3 is 2.44 bits per heavy atom. The van der Waals surface area contributed by atoms with Crippen LogP contribution in [0.15, 0.2) is 22.7 Å². The van der Waals surface area contributed by atoms with Crippen LogP contribution < -0.4 is 11.2 Å². The Hall–Kier alpha value is -5.52. The topological polar surface area (TPSA) is 320 Å². The molecule has 8 N–H and O–H groups in total. The number of hydrogen-bond donors (Lipinski definition) is 7. The van der Waals surface area contributed by atoms with Gasteiger partial charge in [-0.2, -0.15) is 0 Å². The monoisotopic (exact) mass is 825 g/mol. The van der Waals surface area contributed by atoms with Crippen LogP contribution in [0.25, 0.3) is 0 Å². The van der Waals surface area contributed by atoms with Gasteiger partial charge in [0.05, 0.1) is 41.9 Å². The molecule has 0 radical (unpaired) electrons. The summed E-state index contributed by atoms with van der Waals surface area (Å²) in [6, 6.07) is 0.886. The maximum absolute atomic E-state index is 13.6. The van der Waals surface area contributed by atoms with Crippen molar-refractivity contribution in [2.75, 3.05) is 32.0 Å².